The van der Waals surface area contributed by atoms with Gasteiger partial charge >= 0.3 is 6.61 Å². The topological polar surface area (TPSA) is 38.3 Å². The molecule has 2 rings (SSSR count). The van der Waals surface area contributed by atoms with E-state index < -0.39 is 12.5 Å². The third-order valence-electron chi connectivity index (χ3n) is 2.72. The predicted molar refractivity (Wildman–Crippen MR) is 79.9 cm³/mol. The number of para-hydroxylation sites is 1. The summed E-state index contributed by atoms with van der Waals surface area (Å²) in [6, 6.07) is 11.3. The summed E-state index contributed by atoms with van der Waals surface area (Å²) in [6.45, 7) is -1.10. The minimum absolute atomic E-state index is 0.0474. The first-order valence-electron chi connectivity index (χ1n) is 6.08. The monoisotopic (exact) mass is 355 g/mol. The number of benzene rings is 2. The van der Waals surface area contributed by atoms with Crippen molar-refractivity contribution in [2.24, 2.45) is 0 Å². The molecule has 6 heteroatoms. The van der Waals surface area contributed by atoms with E-state index in [2.05, 4.69) is 26.0 Å². The van der Waals surface area contributed by atoms with Crippen LogP contribution >= 0.6 is 15.9 Å². The summed E-state index contributed by atoms with van der Waals surface area (Å²) < 4.78 is 29.7. The lowest BCUT2D eigenvalue weighted by molar-refractivity contribution is -0.0501. The lowest BCUT2D eigenvalue weighted by Gasteiger charge is -2.12. The Balaban J connectivity index is 2.26. The number of hydrogen-bond acceptors (Lipinski definition) is 2. The van der Waals surface area contributed by atoms with Crippen LogP contribution in [0, 0.1) is 6.92 Å². The maximum atomic E-state index is 12.3. The number of hydrogen-bond donors (Lipinski definition) is 1. The zero-order valence-corrected chi connectivity index (χ0v) is 12.7. The fraction of sp³-hybridized carbons (Fsp3) is 0.133. The molecule has 21 heavy (non-hydrogen) atoms. The smallest absolute Gasteiger partial charge is 0.387 e. The second-order valence-corrected chi connectivity index (χ2v) is 5.17. The molecule has 0 unspecified atom stereocenters. The fourth-order valence-corrected chi connectivity index (χ4v) is 2.12. The number of anilines is 1. The van der Waals surface area contributed by atoms with Crippen molar-refractivity contribution in [2.45, 2.75) is 13.5 Å². The Bertz CT molecular complexity index is 662. The Morgan fingerprint density at radius 2 is 1.95 bits per heavy atom. The van der Waals surface area contributed by atoms with Gasteiger partial charge in [0.15, 0.2) is 0 Å². The largest absolute Gasteiger partial charge is 0.434 e. The molecule has 0 heterocycles. The van der Waals surface area contributed by atoms with Crippen molar-refractivity contribution in [2.75, 3.05) is 5.32 Å². The molecule has 0 spiro atoms. The van der Waals surface area contributed by atoms with Crippen LogP contribution < -0.4 is 10.1 Å². The van der Waals surface area contributed by atoms with Gasteiger partial charge in [-0.1, -0.05) is 18.2 Å². The maximum Gasteiger partial charge on any atom is 0.387 e. The number of nitrogens with one attached hydrogen (secondary N) is 1. The van der Waals surface area contributed by atoms with E-state index in [4.69, 9.17) is 0 Å². The first-order valence-corrected chi connectivity index (χ1v) is 6.88. The van der Waals surface area contributed by atoms with Gasteiger partial charge in [0, 0.05) is 4.47 Å². The van der Waals surface area contributed by atoms with Gasteiger partial charge in [-0.3, -0.25) is 4.79 Å². The molecule has 0 aromatic heterocycles. The van der Waals surface area contributed by atoms with Crippen LogP contribution in [0.25, 0.3) is 0 Å². The molecular weight excluding hydrogens is 344 g/mol. The van der Waals surface area contributed by atoms with Crippen LogP contribution in [0.15, 0.2) is 46.9 Å². The van der Waals surface area contributed by atoms with E-state index in [0.717, 1.165) is 5.56 Å². The van der Waals surface area contributed by atoms with Crippen LogP contribution in [0.5, 0.6) is 5.75 Å². The van der Waals surface area contributed by atoms with Crippen molar-refractivity contribution in [1.82, 2.24) is 0 Å². The van der Waals surface area contributed by atoms with Gasteiger partial charge < -0.3 is 10.1 Å². The van der Waals surface area contributed by atoms with E-state index in [1.54, 1.807) is 18.2 Å². The number of amides is 1. The van der Waals surface area contributed by atoms with Gasteiger partial charge in [-0.2, -0.15) is 8.78 Å². The average Bonchev–Trinajstić information content (AvgIpc) is 2.42. The lowest BCUT2D eigenvalue weighted by Crippen LogP contribution is -2.15. The molecule has 0 bridgehead atoms. The molecule has 0 aliphatic rings. The summed E-state index contributed by atoms with van der Waals surface area (Å²) in [5.41, 5.74) is 1.57. The van der Waals surface area contributed by atoms with Crippen LogP contribution in [0.2, 0.25) is 0 Å². The molecule has 2 aromatic carbocycles. The Kier molecular flexibility index (Phi) is 4.90. The van der Waals surface area contributed by atoms with E-state index in [-0.39, 0.29) is 11.3 Å². The highest BCUT2D eigenvalue weighted by Gasteiger charge is 2.16. The number of alkyl halides is 2. The van der Waals surface area contributed by atoms with Crippen molar-refractivity contribution in [3.63, 3.8) is 0 Å². The van der Waals surface area contributed by atoms with Crippen LogP contribution in [0.4, 0.5) is 14.5 Å². The lowest BCUT2D eigenvalue weighted by atomic mass is 10.1. The molecule has 2 aromatic rings. The molecule has 110 valence electrons. The molecule has 0 saturated heterocycles. The molecule has 0 fully saturated rings. The second kappa shape index (κ2) is 6.67. The SMILES string of the molecule is Cc1ccc(Br)c(NC(=O)c2ccccc2OC(F)F)c1. The summed E-state index contributed by atoms with van der Waals surface area (Å²) >= 11 is 3.32. The third kappa shape index (κ3) is 4.01. The van der Waals surface area contributed by atoms with Crippen LogP contribution in [-0.4, -0.2) is 12.5 Å². The maximum absolute atomic E-state index is 12.3. The normalized spacial score (nSPS) is 10.5. The summed E-state index contributed by atoms with van der Waals surface area (Å²) in [5.74, 6) is -0.675. The number of rotatable bonds is 4. The van der Waals surface area contributed by atoms with Gasteiger partial charge in [0.2, 0.25) is 0 Å². The zero-order chi connectivity index (χ0) is 15.4. The minimum Gasteiger partial charge on any atom is -0.434 e. The summed E-state index contributed by atoms with van der Waals surface area (Å²) in [4.78, 5) is 12.2. The van der Waals surface area contributed by atoms with Crippen molar-refractivity contribution < 1.29 is 18.3 Å². The van der Waals surface area contributed by atoms with Crippen LogP contribution in [0.3, 0.4) is 0 Å². The van der Waals surface area contributed by atoms with Gasteiger partial charge in [0.25, 0.3) is 5.91 Å². The second-order valence-electron chi connectivity index (χ2n) is 4.31. The number of ether oxygens (including phenoxy) is 1. The molecule has 0 aliphatic carbocycles. The van der Waals surface area contributed by atoms with E-state index in [9.17, 15) is 13.6 Å². The predicted octanol–water partition coefficient (Wildman–Crippen LogP) is 4.61. The van der Waals surface area contributed by atoms with E-state index in [0.29, 0.717) is 10.2 Å². The highest BCUT2D eigenvalue weighted by Crippen LogP contribution is 2.26. The standard InChI is InChI=1S/C15H12BrF2NO2/c1-9-6-7-11(16)12(8-9)19-14(20)10-4-2-3-5-13(10)21-15(17)18/h2-8,15H,1H3,(H,19,20). The number of carbonyl (C=O) groups excluding carboxylic acids is 1. The van der Waals surface area contributed by atoms with Crippen molar-refractivity contribution in [3.8, 4) is 5.75 Å². The third-order valence-corrected chi connectivity index (χ3v) is 3.41. The van der Waals surface area contributed by atoms with E-state index >= 15 is 0 Å². The highest BCUT2D eigenvalue weighted by atomic mass is 79.9. The Hall–Kier alpha value is -1.95. The Morgan fingerprint density at radius 3 is 2.67 bits per heavy atom. The van der Waals surface area contributed by atoms with Gasteiger partial charge in [0.05, 0.1) is 11.3 Å². The van der Waals surface area contributed by atoms with Crippen LogP contribution in [0.1, 0.15) is 15.9 Å². The fourth-order valence-electron chi connectivity index (χ4n) is 1.78. The zero-order valence-electron chi connectivity index (χ0n) is 11.1. The Labute approximate surface area is 129 Å². The number of aryl methyl sites for hydroxylation is 1. The van der Waals surface area contributed by atoms with Gasteiger partial charge in [0.1, 0.15) is 5.75 Å². The van der Waals surface area contributed by atoms with E-state index in [1.165, 1.54) is 18.2 Å². The first kappa shape index (κ1) is 15.4. The molecule has 0 atom stereocenters. The van der Waals surface area contributed by atoms with Crippen molar-refractivity contribution in [3.05, 3.63) is 58.1 Å². The van der Waals surface area contributed by atoms with Gasteiger partial charge in [-0.15, -0.1) is 0 Å². The van der Waals surface area contributed by atoms with Crippen LogP contribution in [-0.2, 0) is 0 Å². The van der Waals surface area contributed by atoms with Gasteiger partial charge in [-0.25, -0.2) is 0 Å². The molecule has 3 nitrogen and oxygen atoms in total. The average molecular weight is 356 g/mol. The molecule has 1 N–H and O–H groups in total. The highest BCUT2D eigenvalue weighted by molar-refractivity contribution is 9.10. The van der Waals surface area contributed by atoms with Crippen molar-refractivity contribution >= 4 is 27.5 Å². The molecule has 0 aliphatic heterocycles. The van der Waals surface area contributed by atoms with E-state index in [1.807, 2.05) is 13.0 Å². The van der Waals surface area contributed by atoms with Crippen molar-refractivity contribution in [1.29, 1.82) is 0 Å². The minimum atomic E-state index is -2.98. The quantitative estimate of drug-likeness (QED) is 0.869. The molecular formula is C15H12BrF2NO2. The summed E-state index contributed by atoms with van der Waals surface area (Å²) in [7, 11) is 0. The number of carbonyl (C=O) groups is 1. The number of halogens is 3. The molecule has 1 amide bonds. The summed E-state index contributed by atoms with van der Waals surface area (Å²) in [6.07, 6.45) is 0. The van der Waals surface area contributed by atoms with Gasteiger partial charge in [-0.05, 0) is 52.7 Å². The Morgan fingerprint density at radius 1 is 1.24 bits per heavy atom. The molecule has 0 saturated carbocycles. The molecule has 0 radical (unpaired) electrons. The first-order chi connectivity index (χ1) is 9.97. The summed E-state index contributed by atoms with van der Waals surface area (Å²) in [5, 5.41) is 2.67.